The van der Waals surface area contributed by atoms with E-state index in [1.54, 1.807) is 12.1 Å². The van der Waals surface area contributed by atoms with Crippen LogP contribution in [0.15, 0.2) is 78.9 Å². The highest BCUT2D eigenvalue weighted by molar-refractivity contribution is 6.00. The van der Waals surface area contributed by atoms with Crippen LogP contribution in [0.2, 0.25) is 0 Å². The fraction of sp³-hybridized carbons (Fsp3) is 0. The smallest absolute Gasteiger partial charge is 0.355 e. The highest BCUT2D eigenvalue weighted by Gasteiger charge is 2.16. The van der Waals surface area contributed by atoms with Crippen LogP contribution in [-0.4, -0.2) is 15.9 Å². The molecule has 6 heteroatoms. The summed E-state index contributed by atoms with van der Waals surface area (Å²) in [6.45, 7) is 0. The van der Waals surface area contributed by atoms with Crippen molar-refractivity contribution in [1.29, 1.82) is 0 Å². The molecular weight excluding hydrogens is 347 g/mol. The molecule has 0 aliphatic carbocycles. The van der Waals surface area contributed by atoms with Gasteiger partial charge in [-0.2, -0.15) is 4.79 Å². The van der Waals surface area contributed by atoms with Gasteiger partial charge in [0.25, 0.3) is 0 Å². The van der Waals surface area contributed by atoms with Crippen molar-refractivity contribution in [2.45, 2.75) is 0 Å². The fourth-order valence-electron chi connectivity index (χ4n) is 2.87. The molecule has 0 fully saturated rings. The van der Waals surface area contributed by atoms with Crippen LogP contribution in [-0.2, 0) is 0 Å². The average molecular weight is 362 g/mol. The number of para-hydroxylation sites is 1. The van der Waals surface area contributed by atoms with Crippen LogP contribution in [0, 0.1) is 0 Å². The molecule has 0 radical (unpaired) electrons. The second kappa shape index (κ2) is 6.84. The standard InChI is InChI=1S/C21H15FN2O3/c22-24-19-11-5-10-18(17(19)13-20(24)21(25)26)23-14-6-4-9-16(12-14)27-15-7-2-1-3-8-15/h1-13,23H,(H,25,26). The Morgan fingerprint density at radius 1 is 0.926 bits per heavy atom. The van der Waals surface area contributed by atoms with Crippen molar-refractivity contribution in [3.8, 4) is 11.5 Å². The zero-order valence-electron chi connectivity index (χ0n) is 14.1. The van der Waals surface area contributed by atoms with Crippen LogP contribution in [0.25, 0.3) is 10.9 Å². The van der Waals surface area contributed by atoms with Crippen LogP contribution in [0.1, 0.15) is 10.5 Å². The lowest BCUT2D eigenvalue weighted by Gasteiger charge is -2.10. The van der Waals surface area contributed by atoms with Gasteiger partial charge in [-0.15, -0.1) is 0 Å². The predicted molar refractivity (Wildman–Crippen MR) is 102 cm³/mol. The maximum absolute atomic E-state index is 14.2. The lowest BCUT2D eigenvalue weighted by Crippen LogP contribution is -2.00. The Labute approximate surface area is 154 Å². The van der Waals surface area contributed by atoms with Gasteiger partial charge < -0.3 is 15.2 Å². The number of carboxylic acid groups (broad SMARTS) is 1. The minimum absolute atomic E-state index is 0.178. The van der Waals surface area contributed by atoms with Gasteiger partial charge in [0.1, 0.15) is 11.5 Å². The van der Waals surface area contributed by atoms with Crippen LogP contribution >= 0.6 is 0 Å². The number of anilines is 2. The summed E-state index contributed by atoms with van der Waals surface area (Å²) in [5, 5.41) is 12.8. The zero-order chi connectivity index (χ0) is 18.8. The van der Waals surface area contributed by atoms with Gasteiger partial charge in [0.05, 0.1) is 5.52 Å². The topological polar surface area (TPSA) is 63.5 Å². The van der Waals surface area contributed by atoms with Gasteiger partial charge in [-0.1, -0.05) is 34.8 Å². The molecular formula is C21H15FN2O3. The molecule has 1 aromatic heterocycles. The number of aromatic carboxylic acids is 1. The normalized spacial score (nSPS) is 10.7. The number of carbonyl (C=O) groups is 1. The third-order valence-corrected chi connectivity index (χ3v) is 4.10. The fourth-order valence-corrected chi connectivity index (χ4v) is 2.87. The number of hydrogen-bond acceptors (Lipinski definition) is 3. The predicted octanol–water partition coefficient (Wildman–Crippen LogP) is 5.61. The molecule has 0 saturated heterocycles. The number of halogens is 1. The molecule has 4 aromatic rings. The van der Waals surface area contributed by atoms with E-state index in [0.717, 1.165) is 11.4 Å². The maximum Gasteiger partial charge on any atom is 0.355 e. The van der Waals surface area contributed by atoms with Gasteiger partial charge in [0, 0.05) is 22.8 Å². The summed E-state index contributed by atoms with van der Waals surface area (Å²) in [7, 11) is 0. The molecule has 0 amide bonds. The van der Waals surface area contributed by atoms with E-state index in [1.165, 1.54) is 12.1 Å². The number of fused-ring (bicyclic) bond motifs is 1. The molecule has 0 aliphatic rings. The van der Waals surface area contributed by atoms with Gasteiger partial charge in [-0.25, -0.2) is 4.79 Å². The molecule has 2 N–H and O–H groups in total. The first kappa shape index (κ1) is 16.7. The summed E-state index contributed by atoms with van der Waals surface area (Å²) in [5.74, 6) is 0.0444. The van der Waals surface area contributed by atoms with E-state index in [0.29, 0.717) is 16.8 Å². The Balaban J connectivity index is 1.65. The Bertz CT molecular complexity index is 1120. The van der Waals surface area contributed by atoms with E-state index < -0.39 is 11.7 Å². The van der Waals surface area contributed by atoms with Gasteiger partial charge >= 0.3 is 5.97 Å². The van der Waals surface area contributed by atoms with Crippen LogP contribution in [0.5, 0.6) is 11.5 Å². The third-order valence-electron chi connectivity index (χ3n) is 4.10. The van der Waals surface area contributed by atoms with Gasteiger partial charge in [-0.3, -0.25) is 0 Å². The number of aromatic nitrogens is 1. The molecule has 0 spiro atoms. The molecule has 0 atom stereocenters. The summed E-state index contributed by atoms with van der Waals surface area (Å²) < 4.78 is 20.0. The highest BCUT2D eigenvalue weighted by atomic mass is 19.2. The number of carboxylic acids is 1. The largest absolute Gasteiger partial charge is 0.476 e. The van der Waals surface area contributed by atoms with E-state index in [9.17, 15) is 9.28 Å². The number of nitrogens with zero attached hydrogens (tertiary/aromatic N) is 1. The Hall–Kier alpha value is -3.80. The molecule has 0 aliphatic heterocycles. The summed E-state index contributed by atoms with van der Waals surface area (Å²) in [6, 6.07) is 23.0. The molecule has 0 saturated carbocycles. The molecule has 5 nitrogen and oxygen atoms in total. The van der Waals surface area contributed by atoms with Crippen molar-refractivity contribution in [2.24, 2.45) is 0 Å². The maximum atomic E-state index is 14.2. The van der Waals surface area contributed by atoms with Gasteiger partial charge in [-0.05, 0) is 42.5 Å². The summed E-state index contributed by atoms with van der Waals surface area (Å²) in [6.07, 6.45) is 0. The van der Waals surface area contributed by atoms with Crippen molar-refractivity contribution < 1.29 is 19.1 Å². The number of nitrogens with one attached hydrogen (secondary N) is 1. The summed E-state index contributed by atoms with van der Waals surface area (Å²) >= 11 is 0. The monoisotopic (exact) mass is 362 g/mol. The third kappa shape index (κ3) is 3.32. The van der Waals surface area contributed by atoms with E-state index in [-0.39, 0.29) is 10.3 Å². The lowest BCUT2D eigenvalue weighted by molar-refractivity contribution is 0.0674. The van der Waals surface area contributed by atoms with Crippen molar-refractivity contribution in [1.82, 2.24) is 4.79 Å². The zero-order valence-corrected chi connectivity index (χ0v) is 14.1. The minimum atomic E-state index is -1.32. The van der Waals surface area contributed by atoms with Crippen molar-refractivity contribution in [3.05, 3.63) is 84.6 Å². The molecule has 0 bridgehead atoms. The number of ether oxygens (including phenoxy) is 1. The van der Waals surface area contributed by atoms with Crippen LogP contribution in [0.3, 0.4) is 0 Å². The van der Waals surface area contributed by atoms with Crippen molar-refractivity contribution in [3.63, 3.8) is 0 Å². The van der Waals surface area contributed by atoms with Crippen molar-refractivity contribution >= 4 is 28.2 Å². The van der Waals surface area contributed by atoms with Crippen LogP contribution in [0.4, 0.5) is 15.9 Å². The first-order chi connectivity index (χ1) is 13.1. The van der Waals surface area contributed by atoms with Gasteiger partial charge in [0.15, 0.2) is 5.69 Å². The highest BCUT2D eigenvalue weighted by Crippen LogP contribution is 2.31. The molecule has 134 valence electrons. The Kier molecular flexibility index (Phi) is 4.22. The summed E-state index contributed by atoms with van der Waals surface area (Å²) in [5.41, 5.74) is 1.11. The SMILES string of the molecule is O=C(O)c1cc2c(Nc3cccc(Oc4ccccc4)c3)cccc2n1F. The Morgan fingerprint density at radius 2 is 1.67 bits per heavy atom. The van der Waals surface area contributed by atoms with E-state index >= 15 is 0 Å². The molecule has 1 heterocycles. The first-order valence-corrected chi connectivity index (χ1v) is 8.26. The molecule has 27 heavy (non-hydrogen) atoms. The van der Waals surface area contributed by atoms with Gasteiger partial charge in [0.2, 0.25) is 0 Å². The van der Waals surface area contributed by atoms with Crippen LogP contribution < -0.4 is 10.1 Å². The summed E-state index contributed by atoms with van der Waals surface area (Å²) in [4.78, 5) is 11.4. The second-order valence-corrected chi connectivity index (χ2v) is 5.92. The Morgan fingerprint density at radius 3 is 2.44 bits per heavy atom. The molecule has 0 unspecified atom stereocenters. The quantitative estimate of drug-likeness (QED) is 0.484. The number of rotatable bonds is 5. The average Bonchev–Trinajstić information content (AvgIpc) is 3.01. The van der Waals surface area contributed by atoms with E-state index in [2.05, 4.69) is 5.32 Å². The van der Waals surface area contributed by atoms with E-state index in [4.69, 9.17) is 9.84 Å². The minimum Gasteiger partial charge on any atom is -0.476 e. The van der Waals surface area contributed by atoms with Crippen molar-refractivity contribution in [2.75, 3.05) is 5.32 Å². The molecule has 3 aromatic carbocycles. The first-order valence-electron chi connectivity index (χ1n) is 8.26. The van der Waals surface area contributed by atoms with E-state index in [1.807, 2.05) is 54.6 Å². The number of benzene rings is 3. The second-order valence-electron chi connectivity index (χ2n) is 5.92. The lowest BCUT2D eigenvalue weighted by atomic mass is 10.2. The number of hydrogen-bond donors (Lipinski definition) is 2. The molecule has 4 rings (SSSR count).